The Bertz CT molecular complexity index is 1030. The summed E-state index contributed by atoms with van der Waals surface area (Å²) in [6, 6.07) is 13.7. The number of benzene rings is 2. The molecule has 0 unspecified atom stereocenters. The van der Waals surface area contributed by atoms with Crippen LogP contribution < -0.4 is 14.8 Å². The number of pyridine rings is 1. The smallest absolute Gasteiger partial charge is 0.248 e. The van der Waals surface area contributed by atoms with Gasteiger partial charge in [-0.25, -0.2) is 0 Å². The fraction of sp³-hybridized carbons (Fsp3) is 0.0909. The lowest BCUT2D eigenvalue weighted by molar-refractivity contribution is -0.111. The Hall–Kier alpha value is -3.22. The summed E-state index contributed by atoms with van der Waals surface area (Å²) in [5, 5.41) is 12.8. The number of ether oxygens (including phenoxy) is 2. The van der Waals surface area contributed by atoms with E-state index in [1.54, 1.807) is 48.8 Å². The fourth-order valence-corrected chi connectivity index (χ4v) is 2.74. The highest BCUT2D eigenvalue weighted by atomic mass is 35.5. The van der Waals surface area contributed by atoms with E-state index in [2.05, 4.69) is 10.3 Å². The summed E-state index contributed by atoms with van der Waals surface area (Å²) in [4.78, 5) is 16.2. The van der Waals surface area contributed by atoms with Crippen LogP contribution in [0, 0.1) is 0 Å². The second-order valence-electron chi connectivity index (χ2n) is 6.02. The van der Waals surface area contributed by atoms with E-state index in [1.165, 1.54) is 19.3 Å². The largest absolute Gasteiger partial charge is 0.504 e. The van der Waals surface area contributed by atoms with Gasteiger partial charge in [-0.05, 0) is 53.6 Å². The minimum atomic E-state index is -0.367. The zero-order chi connectivity index (χ0) is 20.6. The van der Waals surface area contributed by atoms with E-state index < -0.39 is 0 Å². The predicted molar refractivity (Wildman–Crippen MR) is 120 cm³/mol. The van der Waals surface area contributed by atoms with Gasteiger partial charge in [-0.1, -0.05) is 23.7 Å². The number of methoxy groups -OCH3 is 1. The Morgan fingerprint density at radius 2 is 1.93 bits per heavy atom. The third-order valence-corrected chi connectivity index (χ3v) is 4.38. The van der Waals surface area contributed by atoms with Crippen molar-refractivity contribution in [2.24, 2.45) is 0 Å². The lowest BCUT2D eigenvalue weighted by Crippen LogP contribution is -2.08. The number of aromatic nitrogens is 1. The average Bonchev–Trinajstić information content (AvgIpc) is 2.74. The normalized spacial score (nSPS) is 10.3. The summed E-state index contributed by atoms with van der Waals surface area (Å²) in [6.07, 6.45) is 6.30. The number of phenolic OH excluding ortho intramolecular Hbond substituents is 1. The van der Waals surface area contributed by atoms with Gasteiger partial charge in [0.1, 0.15) is 17.4 Å². The molecule has 0 fully saturated rings. The van der Waals surface area contributed by atoms with Crippen LogP contribution in [0.5, 0.6) is 17.2 Å². The summed E-state index contributed by atoms with van der Waals surface area (Å²) in [5.41, 5.74) is 2.04. The van der Waals surface area contributed by atoms with Crippen LogP contribution in [0.1, 0.15) is 11.1 Å². The number of nitrogens with zero attached hydrogens (tertiary/aromatic N) is 1. The maximum atomic E-state index is 12.2. The molecule has 1 amide bonds. The number of anilines is 1. The van der Waals surface area contributed by atoms with Crippen LogP contribution >= 0.6 is 24.0 Å². The number of halogens is 2. The average molecular weight is 447 g/mol. The molecule has 0 aliphatic carbocycles. The van der Waals surface area contributed by atoms with Crippen molar-refractivity contribution in [1.82, 2.24) is 4.98 Å². The topological polar surface area (TPSA) is 80.7 Å². The third-order valence-electron chi connectivity index (χ3n) is 3.99. The van der Waals surface area contributed by atoms with E-state index in [4.69, 9.17) is 21.1 Å². The monoisotopic (exact) mass is 446 g/mol. The van der Waals surface area contributed by atoms with E-state index in [9.17, 15) is 9.90 Å². The second kappa shape index (κ2) is 11.1. The van der Waals surface area contributed by atoms with Crippen molar-refractivity contribution in [3.63, 3.8) is 0 Å². The molecule has 3 aromatic rings. The molecule has 6 nitrogen and oxygen atoms in total. The van der Waals surface area contributed by atoms with Gasteiger partial charge in [0, 0.05) is 18.5 Å². The van der Waals surface area contributed by atoms with Crippen LogP contribution in [0.15, 0.2) is 67.0 Å². The summed E-state index contributed by atoms with van der Waals surface area (Å²) in [6.45, 7) is 0.334. The summed E-state index contributed by atoms with van der Waals surface area (Å²) < 4.78 is 10.7. The van der Waals surface area contributed by atoms with Gasteiger partial charge in [-0.2, -0.15) is 0 Å². The number of hydrogen-bond donors (Lipinski definition) is 2. The van der Waals surface area contributed by atoms with Gasteiger partial charge in [0.2, 0.25) is 5.91 Å². The third kappa shape index (κ3) is 6.14. The first kappa shape index (κ1) is 23.1. The van der Waals surface area contributed by atoms with Crippen LogP contribution in [-0.4, -0.2) is 23.1 Å². The number of nitrogens with one attached hydrogen (secondary N) is 1. The molecule has 3 rings (SSSR count). The molecular formula is C22H20Cl2N2O4. The van der Waals surface area contributed by atoms with Crippen LogP contribution in [0.4, 0.5) is 5.69 Å². The molecule has 8 heteroatoms. The Labute approximate surface area is 185 Å². The molecule has 1 heterocycles. The number of rotatable bonds is 7. The van der Waals surface area contributed by atoms with Gasteiger partial charge < -0.3 is 19.9 Å². The lowest BCUT2D eigenvalue weighted by Gasteiger charge is -2.11. The van der Waals surface area contributed by atoms with Crippen LogP contribution in [0.2, 0.25) is 5.02 Å². The number of amides is 1. The molecule has 0 aliphatic rings. The minimum absolute atomic E-state index is 0. The molecule has 30 heavy (non-hydrogen) atoms. The standard InChI is InChI=1S/C22H19ClN2O4.ClH/c1-28-19-7-5-15(13-18(19)26)6-8-21(27)25-17-3-2-4-20(22(17)23)29-14-16-9-11-24-12-10-16;/h2-13,26H,14H2,1H3,(H,25,27);1H. The minimum Gasteiger partial charge on any atom is -0.504 e. The maximum absolute atomic E-state index is 12.2. The predicted octanol–water partition coefficient (Wildman–Crippen LogP) is 5.10. The van der Waals surface area contributed by atoms with Gasteiger partial charge >= 0.3 is 0 Å². The molecule has 2 aromatic carbocycles. The molecule has 2 N–H and O–H groups in total. The van der Waals surface area contributed by atoms with Crippen molar-refractivity contribution in [1.29, 1.82) is 0 Å². The second-order valence-corrected chi connectivity index (χ2v) is 6.39. The maximum Gasteiger partial charge on any atom is 0.248 e. The van der Waals surface area contributed by atoms with Crippen LogP contribution in [0.3, 0.4) is 0 Å². The number of aromatic hydroxyl groups is 1. The molecule has 0 saturated heterocycles. The highest BCUT2D eigenvalue weighted by Gasteiger charge is 2.09. The van der Waals surface area contributed by atoms with E-state index in [1.807, 2.05) is 12.1 Å². The molecule has 0 radical (unpaired) electrons. The van der Waals surface area contributed by atoms with Gasteiger partial charge in [0.15, 0.2) is 11.5 Å². The first-order valence-corrected chi connectivity index (χ1v) is 9.11. The number of carbonyl (C=O) groups excluding carboxylic acids is 1. The quantitative estimate of drug-likeness (QED) is 0.493. The molecule has 0 atom stereocenters. The van der Waals surface area contributed by atoms with Crippen LogP contribution in [0.25, 0.3) is 6.08 Å². The zero-order valence-electron chi connectivity index (χ0n) is 16.0. The van der Waals surface area contributed by atoms with E-state index in [-0.39, 0.29) is 24.1 Å². The van der Waals surface area contributed by atoms with Crippen molar-refractivity contribution >= 4 is 41.7 Å². The summed E-state index contributed by atoms with van der Waals surface area (Å²) >= 11 is 6.37. The van der Waals surface area contributed by atoms with E-state index >= 15 is 0 Å². The van der Waals surface area contributed by atoms with Gasteiger partial charge in [0.05, 0.1) is 12.8 Å². The van der Waals surface area contributed by atoms with E-state index in [0.717, 1.165) is 5.56 Å². The van der Waals surface area contributed by atoms with Crippen molar-refractivity contribution in [3.8, 4) is 17.2 Å². The SMILES string of the molecule is COc1ccc(C=CC(=O)Nc2cccc(OCc3ccncc3)c2Cl)cc1O.Cl. The Kier molecular flexibility index (Phi) is 8.53. The number of carbonyl (C=O) groups is 1. The molecule has 0 aliphatic heterocycles. The van der Waals surface area contributed by atoms with Gasteiger partial charge in [0.25, 0.3) is 0 Å². The Balaban J connectivity index is 0.00000320. The lowest BCUT2D eigenvalue weighted by atomic mass is 10.2. The van der Waals surface area contributed by atoms with Crippen molar-refractivity contribution in [2.75, 3.05) is 12.4 Å². The number of phenols is 1. The van der Waals surface area contributed by atoms with Crippen molar-refractivity contribution < 1.29 is 19.4 Å². The molecule has 1 aromatic heterocycles. The van der Waals surface area contributed by atoms with Crippen molar-refractivity contribution in [3.05, 3.63) is 83.2 Å². The first-order chi connectivity index (χ1) is 14.1. The van der Waals surface area contributed by atoms with Gasteiger partial charge in [-0.15, -0.1) is 12.4 Å². The van der Waals surface area contributed by atoms with E-state index in [0.29, 0.717) is 34.4 Å². The van der Waals surface area contributed by atoms with Gasteiger partial charge in [-0.3, -0.25) is 9.78 Å². The highest BCUT2D eigenvalue weighted by molar-refractivity contribution is 6.35. The van der Waals surface area contributed by atoms with Crippen LogP contribution in [-0.2, 0) is 11.4 Å². The zero-order valence-corrected chi connectivity index (χ0v) is 17.6. The number of hydrogen-bond acceptors (Lipinski definition) is 5. The molecule has 156 valence electrons. The fourth-order valence-electron chi connectivity index (χ4n) is 2.52. The Morgan fingerprint density at radius 3 is 2.63 bits per heavy atom. The molecule has 0 saturated carbocycles. The molecule has 0 bridgehead atoms. The van der Waals surface area contributed by atoms with Crippen molar-refractivity contribution in [2.45, 2.75) is 6.61 Å². The Morgan fingerprint density at radius 1 is 1.17 bits per heavy atom. The first-order valence-electron chi connectivity index (χ1n) is 8.73. The highest BCUT2D eigenvalue weighted by Crippen LogP contribution is 2.32. The summed E-state index contributed by atoms with van der Waals surface area (Å²) in [7, 11) is 1.47. The molecule has 0 spiro atoms. The molecular weight excluding hydrogens is 427 g/mol. The summed E-state index contributed by atoms with van der Waals surface area (Å²) in [5.74, 6) is 0.456.